The van der Waals surface area contributed by atoms with Crippen LogP contribution in [0.5, 0.6) is 0 Å². The van der Waals surface area contributed by atoms with Crippen LogP contribution in [-0.4, -0.2) is 9.97 Å². The van der Waals surface area contributed by atoms with Crippen molar-refractivity contribution in [1.29, 1.82) is 0 Å². The molecular formula is C10H7BrClFN4. The fourth-order valence-corrected chi connectivity index (χ4v) is 1.87. The Morgan fingerprint density at radius 2 is 2.00 bits per heavy atom. The first kappa shape index (κ1) is 12.1. The van der Waals surface area contributed by atoms with Crippen LogP contribution in [0.2, 0.25) is 5.02 Å². The molecule has 0 saturated carbocycles. The third-order valence-electron chi connectivity index (χ3n) is 1.83. The van der Waals surface area contributed by atoms with Gasteiger partial charge in [0.15, 0.2) is 0 Å². The maximum atomic E-state index is 13.1. The molecule has 0 bridgehead atoms. The van der Waals surface area contributed by atoms with E-state index in [1.54, 1.807) is 12.1 Å². The maximum absolute atomic E-state index is 13.1. The molecule has 1 heterocycles. The number of hydrogen-bond acceptors (Lipinski definition) is 4. The van der Waals surface area contributed by atoms with E-state index < -0.39 is 5.82 Å². The Hall–Kier alpha value is -1.40. The van der Waals surface area contributed by atoms with Crippen LogP contribution in [0.25, 0.3) is 0 Å². The first-order valence-electron chi connectivity index (χ1n) is 4.56. The van der Waals surface area contributed by atoms with Crippen molar-refractivity contribution in [3.8, 4) is 0 Å². The highest BCUT2D eigenvalue weighted by Gasteiger charge is 2.03. The molecule has 88 valence electrons. The minimum atomic E-state index is -0.442. The smallest absolute Gasteiger partial charge is 0.230 e. The van der Waals surface area contributed by atoms with Gasteiger partial charge >= 0.3 is 0 Å². The van der Waals surface area contributed by atoms with Gasteiger partial charge in [0.25, 0.3) is 0 Å². The second-order valence-electron chi connectivity index (χ2n) is 3.22. The minimum Gasteiger partial charge on any atom is -0.383 e. The molecule has 2 aromatic rings. The fraction of sp³-hybridized carbons (Fsp3) is 0. The van der Waals surface area contributed by atoms with E-state index in [1.807, 2.05) is 0 Å². The molecule has 0 saturated heterocycles. The lowest BCUT2D eigenvalue weighted by Crippen LogP contribution is -2.00. The summed E-state index contributed by atoms with van der Waals surface area (Å²) in [5.74, 6) is 0.124. The van der Waals surface area contributed by atoms with Crippen LogP contribution in [0.1, 0.15) is 0 Å². The number of nitrogens with zero attached hydrogens (tertiary/aromatic N) is 2. The van der Waals surface area contributed by atoms with Gasteiger partial charge in [0.05, 0.1) is 0 Å². The molecule has 3 N–H and O–H groups in total. The monoisotopic (exact) mass is 316 g/mol. The Labute approximate surface area is 110 Å². The lowest BCUT2D eigenvalue weighted by atomic mass is 10.3. The zero-order chi connectivity index (χ0) is 12.4. The van der Waals surface area contributed by atoms with Gasteiger partial charge in [-0.05, 0) is 34.1 Å². The summed E-state index contributed by atoms with van der Waals surface area (Å²) in [7, 11) is 0. The second-order valence-corrected chi connectivity index (χ2v) is 4.47. The quantitative estimate of drug-likeness (QED) is 0.834. The zero-order valence-corrected chi connectivity index (χ0v) is 10.8. The first-order valence-corrected chi connectivity index (χ1v) is 5.73. The number of anilines is 3. The standard InChI is InChI=1S/C10H7BrClFN4/c11-8-4-9(14)17-10(16-8)15-7-2-5(12)1-6(13)3-7/h1-4H,(H3,14,15,16,17). The van der Waals surface area contributed by atoms with E-state index in [4.69, 9.17) is 17.3 Å². The van der Waals surface area contributed by atoms with Gasteiger partial charge in [-0.2, -0.15) is 4.98 Å². The largest absolute Gasteiger partial charge is 0.383 e. The maximum Gasteiger partial charge on any atom is 0.230 e. The summed E-state index contributed by atoms with van der Waals surface area (Å²) in [5, 5.41) is 3.10. The minimum absolute atomic E-state index is 0.263. The molecule has 7 heteroatoms. The summed E-state index contributed by atoms with van der Waals surface area (Å²) in [6.45, 7) is 0. The molecule has 0 spiro atoms. The van der Waals surface area contributed by atoms with E-state index in [0.29, 0.717) is 16.1 Å². The summed E-state index contributed by atoms with van der Waals surface area (Å²) in [6, 6.07) is 5.62. The van der Waals surface area contributed by atoms with Crippen LogP contribution in [0.3, 0.4) is 0 Å². The number of benzene rings is 1. The van der Waals surface area contributed by atoms with Crippen molar-refractivity contribution in [1.82, 2.24) is 9.97 Å². The van der Waals surface area contributed by atoms with Crippen molar-refractivity contribution in [3.63, 3.8) is 0 Å². The number of nitrogen functional groups attached to an aromatic ring is 1. The summed E-state index contributed by atoms with van der Waals surface area (Å²) < 4.78 is 13.6. The lowest BCUT2D eigenvalue weighted by molar-refractivity contribution is 0.628. The number of nitrogens with two attached hydrogens (primary N) is 1. The van der Waals surface area contributed by atoms with E-state index in [1.165, 1.54) is 12.1 Å². The summed E-state index contributed by atoms with van der Waals surface area (Å²) in [6.07, 6.45) is 0. The van der Waals surface area contributed by atoms with Crippen molar-refractivity contribution >= 4 is 45.0 Å². The van der Waals surface area contributed by atoms with Crippen LogP contribution in [0.15, 0.2) is 28.9 Å². The average molecular weight is 318 g/mol. The van der Waals surface area contributed by atoms with Crippen molar-refractivity contribution in [3.05, 3.63) is 39.7 Å². The van der Waals surface area contributed by atoms with Crippen LogP contribution >= 0.6 is 27.5 Å². The average Bonchev–Trinajstić information content (AvgIpc) is 2.13. The number of rotatable bonds is 2. The van der Waals surface area contributed by atoms with Gasteiger partial charge in [-0.25, -0.2) is 9.37 Å². The number of hydrogen-bond donors (Lipinski definition) is 2. The lowest BCUT2D eigenvalue weighted by Gasteiger charge is -2.06. The van der Waals surface area contributed by atoms with Gasteiger partial charge in [0.1, 0.15) is 16.2 Å². The topological polar surface area (TPSA) is 63.8 Å². The summed E-state index contributed by atoms with van der Waals surface area (Å²) >= 11 is 8.91. The number of halogens is 3. The SMILES string of the molecule is Nc1cc(Br)nc(Nc2cc(F)cc(Cl)c2)n1. The molecule has 0 atom stereocenters. The van der Waals surface area contributed by atoms with E-state index in [2.05, 4.69) is 31.2 Å². The second kappa shape index (κ2) is 4.85. The van der Waals surface area contributed by atoms with Crippen LogP contribution in [0.4, 0.5) is 21.8 Å². The van der Waals surface area contributed by atoms with E-state index in [9.17, 15) is 4.39 Å². The van der Waals surface area contributed by atoms with Crippen molar-refractivity contribution in [2.75, 3.05) is 11.1 Å². The van der Waals surface area contributed by atoms with E-state index in [-0.39, 0.29) is 11.0 Å². The van der Waals surface area contributed by atoms with Gasteiger partial charge in [0.2, 0.25) is 5.95 Å². The zero-order valence-electron chi connectivity index (χ0n) is 8.42. The van der Waals surface area contributed by atoms with Gasteiger partial charge in [0, 0.05) is 16.8 Å². The van der Waals surface area contributed by atoms with Crippen molar-refractivity contribution < 1.29 is 4.39 Å². The Kier molecular flexibility index (Phi) is 3.44. The molecule has 0 aliphatic heterocycles. The molecule has 4 nitrogen and oxygen atoms in total. The Balaban J connectivity index is 2.31. The molecule has 1 aromatic heterocycles. The highest BCUT2D eigenvalue weighted by molar-refractivity contribution is 9.10. The Morgan fingerprint density at radius 3 is 2.65 bits per heavy atom. The molecular weight excluding hydrogens is 310 g/mol. The third-order valence-corrected chi connectivity index (χ3v) is 2.46. The van der Waals surface area contributed by atoms with E-state index >= 15 is 0 Å². The van der Waals surface area contributed by atoms with Crippen LogP contribution in [0, 0.1) is 5.82 Å². The first-order chi connectivity index (χ1) is 8.02. The number of nitrogens with one attached hydrogen (secondary N) is 1. The molecule has 2 rings (SSSR count). The van der Waals surface area contributed by atoms with Gasteiger partial charge < -0.3 is 11.1 Å². The predicted octanol–water partition coefficient (Wildman–Crippen LogP) is 3.36. The van der Waals surface area contributed by atoms with Crippen molar-refractivity contribution in [2.45, 2.75) is 0 Å². The fourth-order valence-electron chi connectivity index (χ4n) is 1.25. The molecule has 0 fully saturated rings. The van der Waals surface area contributed by atoms with Gasteiger partial charge in [-0.3, -0.25) is 0 Å². The van der Waals surface area contributed by atoms with Crippen molar-refractivity contribution in [2.24, 2.45) is 0 Å². The molecule has 1 aromatic carbocycles. The molecule has 0 aliphatic carbocycles. The van der Waals surface area contributed by atoms with Gasteiger partial charge in [-0.15, -0.1) is 0 Å². The normalized spacial score (nSPS) is 10.3. The third kappa shape index (κ3) is 3.28. The van der Waals surface area contributed by atoms with Crippen LogP contribution in [-0.2, 0) is 0 Å². The summed E-state index contributed by atoms with van der Waals surface area (Å²) in [5.41, 5.74) is 6.00. The molecule has 0 amide bonds. The molecule has 17 heavy (non-hydrogen) atoms. The predicted molar refractivity (Wildman–Crippen MR) is 68.8 cm³/mol. The molecule has 0 unspecified atom stereocenters. The van der Waals surface area contributed by atoms with Crippen LogP contribution < -0.4 is 11.1 Å². The Bertz CT molecular complexity index is 474. The number of aromatic nitrogens is 2. The molecule has 0 radical (unpaired) electrons. The highest BCUT2D eigenvalue weighted by Crippen LogP contribution is 2.21. The van der Waals surface area contributed by atoms with E-state index in [0.717, 1.165) is 0 Å². The van der Waals surface area contributed by atoms with Gasteiger partial charge in [-0.1, -0.05) is 11.6 Å². The summed E-state index contributed by atoms with van der Waals surface area (Å²) in [4.78, 5) is 7.99. The molecule has 0 aliphatic rings. The Morgan fingerprint density at radius 1 is 1.24 bits per heavy atom. The highest BCUT2D eigenvalue weighted by atomic mass is 79.9.